The molecule has 0 amide bonds. The summed E-state index contributed by atoms with van der Waals surface area (Å²) in [6.07, 6.45) is 0.804. The van der Waals surface area contributed by atoms with Crippen LogP contribution in [0.3, 0.4) is 0 Å². The molecule has 0 aromatic rings. The zero-order valence-corrected chi connectivity index (χ0v) is 7.03. The third kappa shape index (κ3) is 2.34. The van der Waals surface area contributed by atoms with Crippen LogP contribution in [-0.2, 0) is 4.79 Å². The van der Waals surface area contributed by atoms with E-state index in [2.05, 4.69) is 0 Å². The first-order valence-electron chi connectivity index (χ1n) is 3.64. The number of rotatable bonds is 4. The molecule has 5 nitrogen and oxygen atoms in total. The molecule has 0 heterocycles. The number of allylic oxidation sites excluding steroid dienone is 1. The van der Waals surface area contributed by atoms with Crippen LogP contribution in [-0.4, -0.2) is 16.0 Å². The second kappa shape index (κ2) is 4.48. The van der Waals surface area contributed by atoms with Gasteiger partial charge in [0.15, 0.2) is 0 Å². The number of nitrogens with zero attached hydrogens (tertiary/aromatic N) is 1. The summed E-state index contributed by atoms with van der Waals surface area (Å²) in [4.78, 5) is 19.8. The van der Waals surface area contributed by atoms with Crippen molar-refractivity contribution in [1.82, 2.24) is 0 Å². The van der Waals surface area contributed by atoms with Crippen molar-refractivity contribution in [3.63, 3.8) is 0 Å². The predicted octanol–water partition coefficient (Wildman–Crippen LogP) is 1.42. The Hall–Kier alpha value is -1.39. The van der Waals surface area contributed by atoms with Crippen LogP contribution in [0.5, 0.6) is 0 Å². The summed E-state index contributed by atoms with van der Waals surface area (Å²) >= 11 is 0. The van der Waals surface area contributed by atoms with Crippen LogP contribution in [0.25, 0.3) is 0 Å². The lowest BCUT2D eigenvalue weighted by Gasteiger charge is -1.99. The number of carboxylic acid groups (broad SMARTS) is 1. The summed E-state index contributed by atoms with van der Waals surface area (Å²) < 4.78 is 0. The maximum atomic E-state index is 10.4. The normalized spacial score (nSPS) is 9.17. The Morgan fingerprint density at radius 1 is 1.42 bits per heavy atom. The van der Waals surface area contributed by atoms with E-state index in [0.717, 1.165) is 0 Å². The standard InChI is InChI=1S/C7H11NO4/c1-3-5(4-2)6(7(9)10)8(11)12/h3-4H2,1-2H3,(H,9,10). The molecule has 0 saturated heterocycles. The van der Waals surface area contributed by atoms with Crippen molar-refractivity contribution in [2.75, 3.05) is 0 Å². The second-order valence-corrected chi connectivity index (χ2v) is 2.22. The number of nitro groups is 1. The van der Waals surface area contributed by atoms with E-state index >= 15 is 0 Å². The lowest BCUT2D eigenvalue weighted by molar-refractivity contribution is -0.422. The zero-order chi connectivity index (χ0) is 9.72. The summed E-state index contributed by atoms with van der Waals surface area (Å²) in [7, 11) is 0. The molecule has 0 atom stereocenters. The van der Waals surface area contributed by atoms with Crippen molar-refractivity contribution in [2.45, 2.75) is 26.7 Å². The van der Waals surface area contributed by atoms with Crippen LogP contribution in [0.15, 0.2) is 11.3 Å². The maximum absolute atomic E-state index is 10.4. The van der Waals surface area contributed by atoms with Crippen molar-refractivity contribution >= 4 is 5.97 Å². The monoisotopic (exact) mass is 173 g/mol. The van der Waals surface area contributed by atoms with Gasteiger partial charge >= 0.3 is 11.7 Å². The van der Waals surface area contributed by atoms with Gasteiger partial charge in [0.2, 0.25) is 0 Å². The van der Waals surface area contributed by atoms with Crippen LogP contribution in [0.4, 0.5) is 0 Å². The van der Waals surface area contributed by atoms with Gasteiger partial charge < -0.3 is 5.11 Å². The minimum atomic E-state index is -1.46. The Morgan fingerprint density at radius 3 is 1.92 bits per heavy atom. The molecule has 0 unspecified atom stereocenters. The molecule has 0 aromatic heterocycles. The van der Waals surface area contributed by atoms with Crippen molar-refractivity contribution < 1.29 is 14.8 Å². The Morgan fingerprint density at radius 2 is 1.83 bits per heavy atom. The molecule has 0 aliphatic carbocycles. The summed E-state index contributed by atoms with van der Waals surface area (Å²) in [5, 5.41) is 18.7. The van der Waals surface area contributed by atoms with Gasteiger partial charge in [-0.25, -0.2) is 4.79 Å². The van der Waals surface area contributed by atoms with E-state index in [1.807, 2.05) is 0 Å². The number of hydrogen-bond acceptors (Lipinski definition) is 3. The summed E-state index contributed by atoms with van der Waals surface area (Å²) in [5.74, 6) is -1.46. The molecule has 0 fully saturated rings. The average Bonchev–Trinajstić information content (AvgIpc) is 1.98. The molecule has 0 aliphatic rings. The number of hydrogen-bond donors (Lipinski definition) is 1. The highest BCUT2D eigenvalue weighted by atomic mass is 16.6. The highest BCUT2D eigenvalue weighted by molar-refractivity contribution is 5.84. The highest BCUT2D eigenvalue weighted by Crippen LogP contribution is 2.13. The summed E-state index contributed by atoms with van der Waals surface area (Å²) in [6.45, 7) is 3.40. The smallest absolute Gasteiger partial charge is 0.407 e. The molecule has 0 spiro atoms. The van der Waals surface area contributed by atoms with Gasteiger partial charge in [-0.3, -0.25) is 10.1 Å². The van der Waals surface area contributed by atoms with E-state index in [0.29, 0.717) is 18.4 Å². The molecule has 1 N–H and O–H groups in total. The van der Waals surface area contributed by atoms with Crippen molar-refractivity contribution in [3.05, 3.63) is 21.4 Å². The fourth-order valence-electron chi connectivity index (χ4n) is 0.943. The van der Waals surface area contributed by atoms with E-state index in [4.69, 9.17) is 5.11 Å². The molecule has 68 valence electrons. The van der Waals surface area contributed by atoms with E-state index < -0.39 is 16.6 Å². The Kier molecular flexibility index (Phi) is 3.96. The zero-order valence-electron chi connectivity index (χ0n) is 7.03. The molecule has 0 bridgehead atoms. The summed E-state index contributed by atoms with van der Waals surface area (Å²) in [6, 6.07) is 0. The minimum Gasteiger partial charge on any atom is -0.473 e. The van der Waals surface area contributed by atoms with E-state index in [1.54, 1.807) is 13.8 Å². The number of aliphatic carboxylic acids is 1. The Labute approximate surface area is 69.8 Å². The first-order chi connectivity index (χ1) is 5.54. The fourth-order valence-corrected chi connectivity index (χ4v) is 0.943. The molecular formula is C7H11NO4. The molecule has 0 radical (unpaired) electrons. The van der Waals surface area contributed by atoms with Gasteiger partial charge in [-0.15, -0.1) is 0 Å². The molecule has 0 saturated carbocycles. The van der Waals surface area contributed by atoms with Gasteiger partial charge in [0.05, 0.1) is 4.92 Å². The lowest BCUT2D eigenvalue weighted by Crippen LogP contribution is -2.13. The average molecular weight is 173 g/mol. The minimum absolute atomic E-state index is 0.368. The topological polar surface area (TPSA) is 80.4 Å². The molecule has 0 aromatic carbocycles. The van der Waals surface area contributed by atoms with Crippen molar-refractivity contribution in [2.24, 2.45) is 0 Å². The van der Waals surface area contributed by atoms with Crippen LogP contribution in [0.1, 0.15) is 26.7 Å². The van der Waals surface area contributed by atoms with E-state index in [9.17, 15) is 14.9 Å². The summed E-state index contributed by atoms with van der Waals surface area (Å²) in [5.41, 5.74) is -0.312. The predicted molar refractivity (Wildman–Crippen MR) is 42.2 cm³/mol. The van der Waals surface area contributed by atoms with Gasteiger partial charge in [-0.1, -0.05) is 13.8 Å². The van der Waals surface area contributed by atoms with Gasteiger partial charge in [-0.05, 0) is 12.8 Å². The second-order valence-electron chi connectivity index (χ2n) is 2.22. The van der Waals surface area contributed by atoms with Gasteiger partial charge in [0.25, 0.3) is 0 Å². The molecule has 0 aliphatic heterocycles. The third-order valence-corrected chi connectivity index (χ3v) is 1.57. The van der Waals surface area contributed by atoms with Crippen LogP contribution >= 0.6 is 0 Å². The first kappa shape index (κ1) is 10.6. The quantitative estimate of drug-likeness (QED) is 0.396. The Balaban J connectivity index is 5.03. The molecular weight excluding hydrogens is 162 g/mol. The van der Waals surface area contributed by atoms with Crippen molar-refractivity contribution in [3.8, 4) is 0 Å². The van der Waals surface area contributed by atoms with Gasteiger partial charge in [0.1, 0.15) is 0 Å². The van der Waals surface area contributed by atoms with Gasteiger partial charge in [-0.2, -0.15) is 0 Å². The Bertz CT molecular complexity index is 210. The van der Waals surface area contributed by atoms with Crippen LogP contribution < -0.4 is 0 Å². The van der Waals surface area contributed by atoms with Crippen LogP contribution in [0.2, 0.25) is 0 Å². The van der Waals surface area contributed by atoms with Gasteiger partial charge in [0, 0.05) is 5.57 Å². The molecule has 0 rings (SSSR count). The first-order valence-corrected chi connectivity index (χ1v) is 3.64. The highest BCUT2D eigenvalue weighted by Gasteiger charge is 2.24. The van der Waals surface area contributed by atoms with E-state index in [1.165, 1.54) is 0 Å². The van der Waals surface area contributed by atoms with E-state index in [-0.39, 0.29) is 0 Å². The lowest BCUT2D eigenvalue weighted by atomic mass is 10.1. The largest absolute Gasteiger partial charge is 0.473 e. The molecule has 12 heavy (non-hydrogen) atoms. The van der Waals surface area contributed by atoms with Crippen LogP contribution in [0, 0.1) is 10.1 Å². The van der Waals surface area contributed by atoms with Crippen molar-refractivity contribution in [1.29, 1.82) is 0 Å². The number of carbonyl (C=O) groups is 1. The molecule has 5 heteroatoms. The maximum Gasteiger partial charge on any atom is 0.407 e. The number of carboxylic acids is 1. The SMILES string of the molecule is CCC(CC)=C(C(=O)O)[N+](=O)[O-]. The fraction of sp³-hybridized carbons (Fsp3) is 0.571. The third-order valence-electron chi connectivity index (χ3n) is 1.57.